The van der Waals surface area contributed by atoms with Crippen LogP contribution in [0.4, 0.5) is 0 Å². The molecule has 0 saturated carbocycles. The summed E-state index contributed by atoms with van der Waals surface area (Å²) in [4.78, 5) is 6.72. The Morgan fingerprint density at radius 1 is 1.47 bits per heavy atom. The van der Waals surface area contributed by atoms with E-state index in [-0.39, 0.29) is 5.03 Å². The molecule has 2 N–H and O–H groups in total. The molecule has 0 fully saturated rings. The molecule has 1 heterocycles. The highest BCUT2D eigenvalue weighted by molar-refractivity contribution is 7.89. The zero-order chi connectivity index (χ0) is 11.3. The van der Waals surface area contributed by atoms with Crippen LogP contribution in [0, 0.1) is 0 Å². The number of hydrogen-bond acceptors (Lipinski definition) is 3. The van der Waals surface area contributed by atoms with E-state index in [4.69, 9.17) is 0 Å². The van der Waals surface area contributed by atoms with Gasteiger partial charge in [0, 0.05) is 13.0 Å². The molecule has 1 aromatic rings. The fourth-order valence-electron chi connectivity index (χ4n) is 1.12. The predicted molar refractivity (Wildman–Crippen MR) is 58.1 cm³/mol. The van der Waals surface area contributed by atoms with Crippen LogP contribution in [0.2, 0.25) is 0 Å². The molecule has 0 aromatic carbocycles. The average Bonchev–Trinajstić information content (AvgIpc) is 2.66. The number of nitrogens with zero attached hydrogens (tertiary/aromatic N) is 1. The molecule has 15 heavy (non-hydrogen) atoms. The molecule has 0 radical (unpaired) electrons. The first-order chi connectivity index (χ1) is 7.10. The van der Waals surface area contributed by atoms with Crippen LogP contribution in [-0.2, 0) is 16.4 Å². The van der Waals surface area contributed by atoms with E-state index in [1.54, 1.807) is 0 Å². The van der Waals surface area contributed by atoms with Crippen LogP contribution in [0.3, 0.4) is 0 Å². The SMILES string of the molecule is CCCCNS(=O)(=O)c1cnc(CC)[nH]1. The maximum absolute atomic E-state index is 11.7. The first-order valence-electron chi connectivity index (χ1n) is 5.13. The minimum atomic E-state index is -3.39. The second kappa shape index (κ2) is 5.27. The molecule has 1 rings (SSSR count). The smallest absolute Gasteiger partial charge is 0.257 e. The summed E-state index contributed by atoms with van der Waals surface area (Å²) in [5.41, 5.74) is 0. The maximum atomic E-state index is 11.7. The fourth-order valence-corrected chi connectivity index (χ4v) is 2.13. The Kier molecular flexibility index (Phi) is 4.28. The fraction of sp³-hybridized carbons (Fsp3) is 0.667. The summed E-state index contributed by atoms with van der Waals surface area (Å²) in [6, 6.07) is 0. The molecule has 6 heteroatoms. The number of aryl methyl sites for hydroxylation is 1. The number of rotatable bonds is 6. The monoisotopic (exact) mass is 231 g/mol. The molecule has 0 atom stereocenters. The number of hydrogen-bond donors (Lipinski definition) is 2. The van der Waals surface area contributed by atoms with E-state index in [2.05, 4.69) is 14.7 Å². The van der Waals surface area contributed by atoms with Crippen molar-refractivity contribution in [1.29, 1.82) is 0 Å². The normalized spacial score (nSPS) is 11.9. The molecular formula is C9H17N3O2S. The topological polar surface area (TPSA) is 74.8 Å². The molecule has 86 valence electrons. The minimum absolute atomic E-state index is 0.149. The zero-order valence-corrected chi connectivity index (χ0v) is 9.89. The summed E-state index contributed by atoms with van der Waals surface area (Å²) in [5, 5.41) is 0.149. The largest absolute Gasteiger partial charge is 0.332 e. The van der Waals surface area contributed by atoms with Gasteiger partial charge in [-0.1, -0.05) is 20.3 Å². The maximum Gasteiger partial charge on any atom is 0.257 e. The van der Waals surface area contributed by atoms with Gasteiger partial charge in [0.15, 0.2) is 5.03 Å². The number of nitrogens with one attached hydrogen (secondary N) is 2. The van der Waals surface area contributed by atoms with Crippen LogP contribution in [0.1, 0.15) is 32.5 Å². The third kappa shape index (κ3) is 3.32. The molecule has 0 saturated heterocycles. The molecule has 0 aliphatic carbocycles. The van der Waals surface area contributed by atoms with Crippen molar-refractivity contribution < 1.29 is 8.42 Å². The van der Waals surface area contributed by atoms with Gasteiger partial charge in [0.1, 0.15) is 5.82 Å². The van der Waals surface area contributed by atoms with Crippen LogP contribution >= 0.6 is 0 Å². The van der Waals surface area contributed by atoms with Crippen LogP contribution in [0.15, 0.2) is 11.2 Å². The van der Waals surface area contributed by atoms with Gasteiger partial charge in [0.2, 0.25) is 0 Å². The van der Waals surface area contributed by atoms with Gasteiger partial charge in [-0.05, 0) is 6.42 Å². The van der Waals surface area contributed by atoms with Crippen molar-refractivity contribution in [2.24, 2.45) is 0 Å². The lowest BCUT2D eigenvalue weighted by Gasteiger charge is -2.02. The standard InChI is InChI=1S/C9H17N3O2S/c1-3-5-6-11-15(13,14)9-7-10-8(4-2)12-9/h7,11H,3-6H2,1-2H3,(H,10,12). The summed E-state index contributed by atoms with van der Waals surface area (Å²) in [5.74, 6) is 0.686. The Bertz CT molecular complexity index is 397. The minimum Gasteiger partial charge on any atom is -0.332 e. The molecule has 0 aliphatic rings. The van der Waals surface area contributed by atoms with Crippen LogP contribution < -0.4 is 4.72 Å². The molecule has 0 aliphatic heterocycles. The molecule has 0 spiro atoms. The summed E-state index contributed by atoms with van der Waals surface area (Å²) >= 11 is 0. The molecular weight excluding hydrogens is 214 g/mol. The van der Waals surface area contributed by atoms with Crippen molar-refractivity contribution >= 4 is 10.0 Å². The van der Waals surface area contributed by atoms with Crippen molar-refractivity contribution in [2.45, 2.75) is 38.1 Å². The van der Waals surface area contributed by atoms with Gasteiger partial charge in [0.25, 0.3) is 10.0 Å². The second-order valence-electron chi connectivity index (χ2n) is 3.30. The predicted octanol–water partition coefficient (Wildman–Crippen LogP) is 1.05. The van der Waals surface area contributed by atoms with E-state index < -0.39 is 10.0 Å². The molecule has 0 amide bonds. The Hall–Kier alpha value is -0.880. The van der Waals surface area contributed by atoms with Crippen LogP contribution in [0.5, 0.6) is 0 Å². The Balaban J connectivity index is 2.68. The molecule has 1 aromatic heterocycles. The van der Waals surface area contributed by atoms with Crippen molar-refractivity contribution in [3.8, 4) is 0 Å². The number of imidazole rings is 1. The van der Waals surface area contributed by atoms with Crippen molar-refractivity contribution in [3.63, 3.8) is 0 Å². The summed E-state index contributed by atoms with van der Waals surface area (Å²) < 4.78 is 25.8. The quantitative estimate of drug-likeness (QED) is 0.719. The highest BCUT2D eigenvalue weighted by atomic mass is 32.2. The van der Waals surface area contributed by atoms with E-state index in [9.17, 15) is 8.42 Å². The van der Waals surface area contributed by atoms with E-state index in [1.807, 2.05) is 13.8 Å². The number of sulfonamides is 1. The van der Waals surface area contributed by atoms with Crippen molar-refractivity contribution in [1.82, 2.24) is 14.7 Å². The third-order valence-electron chi connectivity index (χ3n) is 2.05. The first-order valence-corrected chi connectivity index (χ1v) is 6.62. The number of unbranched alkanes of at least 4 members (excludes halogenated alkanes) is 1. The van der Waals surface area contributed by atoms with Gasteiger partial charge in [-0.2, -0.15) is 0 Å². The van der Waals surface area contributed by atoms with Crippen LogP contribution in [0.25, 0.3) is 0 Å². The highest BCUT2D eigenvalue weighted by Gasteiger charge is 2.15. The highest BCUT2D eigenvalue weighted by Crippen LogP contribution is 2.05. The Morgan fingerprint density at radius 3 is 2.73 bits per heavy atom. The van der Waals surface area contributed by atoms with Gasteiger partial charge in [-0.25, -0.2) is 18.1 Å². The third-order valence-corrected chi connectivity index (χ3v) is 3.42. The lowest BCUT2D eigenvalue weighted by Crippen LogP contribution is -2.25. The molecule has 5 nitrogen and oxygen atoms in total. The van der Waals surface area contributed by atoms with Gasteiger partial charge in [-0.15, -0.1) is 0 Å². The van der Waals surface area contributed by atoms with E-state index in [0.29, 0.717) is 18.8 Å². The Morgan fingerprint density at radius 2 is 2.20 bits per heavy atom. The summed E-state index contributed by atoms with van der Waals surface area (Å²) in [6.07, 6.45) is 3.86. The van der Waals surface area contributed by atoms with Gasteiger partial charge < -0.3 is 4.98 Å². The number of H-pyrrole nitrogens is 1. The van der Waals surface area contributed by atoms with Crippen molar-refractivity contribution in [3.05, 3.63) is 12.0 Å². The van der Waals surface area contributed by atoms with Gasteiger partial charge in [0.05, 0.1) is 6.20 Å². The second-order valence-corrected chi connectivity index (χ2v) is 5.03. The van der Waals surface area contributed by atoms with E-state index in [0.717, 1.165) is 12.8 Å². The molecule has 0 unspecified atom stereocenters. The lowest BCUT2D eigenvalue weighted by molar-refractivity contribution is 0.575. The number of aromatic amines is 1. The average molecular weight is 231 g/mol. The zero-order valence-electron chi connectivity index (χ0n) is 9.08. The molecule has 0 bridgehead atoms. The van der Waals surface area contributed by atoms with Crippen molar-refractivity contribution in [2.75, 3.05) is 6.54 Å². The van der Waals surface area contributed by atoms with E-state index in [1.165, 1.54) is 6.20 Å². The first kappa shape index (κ1) is 12.2. The summed E-state index contributed by atoms with van der Waals surface area (Å²) in [7, 11) is -3.39. The summed E-state index contributed by atoms with van der Waals surface area (Å²) in [6.45, 7) is 4.40. The number of aromatic nitrogens is 2. The van der Waals surface area contributed by atoms with Gasteiger partial charge in [-0.3, -0.25) is 0 Å². The lowest BCUT2D eigenvalue weighted by atomic mass is 10.3. The van der Waals surface area contributed by atoms with Crippen LogP contribution in [-0.4, -0.2) is 24.9 Å². The Labute approximate surface area is 90.4 Å². The van der Waals surface area contributed by atoms with E-state index >= 15 is 0 Å². The van der Waals surface area contributed by atoms with Gasteiger partial charge >= 0.3 is 0 Å².